The Hall–Kier alpha value is -1.46. The average molecular weight is 236 g/mol. The molecule has 2 N–H and O–H groups in total. The summed E-state index contributed by atoms with van der Waals surface area (Å²) in [5, 5.41) is 13.1. The third-order valence-corrected chi connectivity index (χ3v) is 3.07. The predicted molar refractivity (Wildman–Crippen MR) is 63.7 cm³/mol. The molecular weight excluding hydrogens is 220 g/mol. The Balaban J connectivity index is 1.96. The smallest absolute Gasteiger partial charge is 0.184 e. The molecular formula is C12H16N2O3. The van der Waals surface area contributed by atoms with Crippen LogP contribution < -0.4 is 19.7 Å². The van der Waals surface area contributed by atoms with E-state index in [1.165, 1.54) is 0 Å². The minimum absolute atomic E-state index is 0.513. The first-order valence-electron chi connectivity index (χ1n) is 5.90. The lowest BCUT2D eigenvalue weighted by Crippen LogP contribution is -2.51. The van der Waals surface area contributed by atoms with Gasteiger partial charge in [0.15, 0.2) is 11.5 Å². The standard InChI is InChI=1S/C12H16N2O3/c15-11-8-13-4-5-14(11)9-2-1-3-10-12(9)17-7-6-16-10/h1-3,11,13,15H,4-8H2. The first-order valence-corrected chi connectivity index (χ1v) is 5.90. The van der Waals surface area contributed by atoms with E-state index < -0.39 is 6.23 Å². The number of para-hydroxylation sites is 1. The normalized spacial score (nSPS) is 23.6. The van der Waals surface area contributed by atoms with Crippen LogP contribution in [0.25, 0.3) is 0 Å². The highest BCUT2D eigenvalue weighted by Gasteiger charge is 2.25. The number of hydrogen-bond acceptors (Lipinski definition) is 5. The summed E-state index contributed by atoms with van der Waals surface area (Å²) in [4.78, 5) is 1.95. The molecule has 17 heavy (non-hydrogen) atoms. The third-order valence-electron chi connectivity index (χ3n) is 3.07. The number of aliphatic hydroxyl groups excluding tert-OH is 1. The van der Waals surface area contributed by atoms with Gasteiger partial charge < -0.3 is 24.8 Å². The van der Waals surface area contributed by atoms with E-state index in [1.54, 1.807) is 0 Å². The molecule has 0 aliphatic carbocycles. The van der Waals surface area contributed by atoms with Crippen molar-refractivity contribution in [2.24, 2.45) is 0 Å². The monoisotopic (exact) mass is 236 g/mol. The molecule has 2 aliphatic rings. The number of β-amino-alcohol motifs (C(OH)–C–C–N with tert-alkyl or cyclic N) is 1. The molecule has 0 aromatic heterocycles. The van der Waals surface area contributed by atoms with Gasteiger partial charge >= 0.3 is 0 Å². The summed E-state index contributed by atoms with van der Waals surface area (Å²) in [5.41, 5.74) is 0.913. The highest BCUT2D eigenvalue weighted by atomic mass is 16.6. The van der Waals surface area contributed by atoms with Crippen LogP contribution in [0, 0.1) is 0 Å². The van der Waals surface area contributed by atoms with E-state index in [-0.39, 0.29) is 0 Å². The van der Waals surface area contributed by atoms with E-state index in [9.17, 15) is 5.11 Å². The van der Waals surface area contributed by atoms with Gasteiger partial charge in [0.25, 0.3) is 0 Å². The van der Waals surface area contributed by atoms with Gasteiger partial charge in [-0.1, -0.05) is 6.07 Å². The molecule has 1 aromatic rings. The molecule has 1 unspecified atom stereocenters. The van der Waals surface area contributed by atoms with E-state index in [4.69, 9.17) is 9.47 Å². The van der Waals surface area contributed by atoms with Gasteiger partial charge in [0.05, 0.1) is 5.69 Å². The molecule has 1 aromatic carbocycles. The summed E-state index contributed by atoms with van der Waals surface area (Å²) >= 11 is 0. The van der Waals surface area contributed by atoms with Crippen molar-refractivity contribution in [2.45, 2.75) is 6.23 Å². The number of hydrogen-bond donors (Lipinski definition) is 2. The fourth-order valence-electron chi connectivity index (χ4n) is 2.26. The Morgan fingerprint density at radius 3 is 3.06 bits per heavy atom. The topological polar surface area (TPSA) is 54.0 Å². The van der Waals surface area contributed by atoms with Gasteiger partial charge in [0, 0.05) is 19.6 Å². The predicted octanol–water partition coefficient (Wildman–Crippen LogP) is 0.186. The van der Waals surface area contributed by atoms with Crippen LogP contribution in [0.4, 0.5) is 5.69 Å². The van der Waals surface area contributed by atoms with Crippen LogP contribution in [-0.4, -0.2) is 44.2 Å². The maximum Gasteiger partial charge on any atom is 0.184 e. The second-order valence-corrected chi connectivity index (χ2v) is 4.18. The van der Waals surface area contributed by atoms with Crippen molar-refractivity contribution in [3.05, 3.63) is 18.2 Å². The zero-order valence-corrected chi connectivity index (χ0v) is 9.56. The van der Waals surface area contributed by atoms with Crippen molar-refractivity contribution >= 4 is 5.69 Å². The minimum atomic E-state index is -0.513. The Morgan fingerprint density at radius 2 is 2.18 bits per heavy atom. The first kappa shape index (κ1) is 10.7. The molecule has 1 saturated heterocycles. The highest BCUT2D eigenvalue weighted by Crippen LogP contribution is 2.40. The number of benzene rings is 1. The van der Waals surface area contributed by atoms with Gasteiger partial charge in [-0.25, -0.2) is 0 Å². The first-order chi connectivity index (χ1) is 8.36. The van der Waals surface area contributed by atoms with Crippen LogP contribution >= 0.6 is 0 Å². The van der Waals surface area contributed by atoms with Crippen molar-refractivity contribution < 1.29 is 14.6 Å². The van der Waals surface area contributed by atoms with Crippen LogP contribution in [0.5, 0.6) is 11.5 Å². The Bertz CT molecular complexity index is 411. The van der Waals surface area contributed by atoms with Crippen LogP contribution in [0.2, 0.25) is 0 Å². The number of anilines is 1. The molecule has 92 valence electrons. The molecule has 0 radical (unpaired) electrons. The zero-order valence-electron chi connectivity index (χ0n) is 9.56. The number of piperazine rings is 1. The van der Waals surface area contributed by atoms with Gasteiger partial charge in [0.1, 0.15) is 19.4 Å². The number of fused-ring (bicyclic) bond motifs is 1. The van der Waals surface area contributed by atoms with Crippen molar-refractivity contribution in [3.63, 3.8) is 0 Å². The lowest BCUT2D eigenvalue weighted by atomic mass is 10.2. The number of ether oxygens (including phenoxy) is 2. The molecule has 5 heteroatoms. The van der Waals surface area contributed by atoms with Gasteiger partial charge in [-0.15, -0.1) is 0 Å². The molecule has 2 heterocycles. The summed E-state index contributed by atoms with van der Waals surface area (Å²) < 4.78 is 11.2. The molecule has 1 atom stereocenters. The van der Waals surface area contributed by atoms with Gasteiger partial charge in [-0.05, 0) is 12.1 Å². The number of nitrogens with one attached hydrogen (secondary N) is 1. The molecule has 3 rings (SSSR count). The van der Waals surface area contributed by atoms with Crippen molar-refractivity contribution in [3.8, 4) is 11.5 Å². The van der Waals surface area contributed by atoms with Crippen LogP contribution in [-0.2, 0) is 0 Å². The summed E-state index contributed by atoms with van der Waals surface area (Å²) in [7, 11) is 0. The highest BCUT2D eigenvalue weighted by molar-refractivity contribution is 5.65. The van der Waals surface area contributed by atoms with Crippen molar-refractivity contribution in [1.29, 1.82) is 0 Å². The van der Waals surface area contributed by atoms with E-state index >= 15 is 0 Å². The van der Waals surface area contributed by atoms with Crippen LogP contribution in [0.1, 0.15) is 0 Å². The van der Waals surface area contributed by atoms with E-state index in [2.05, 4.69) is 5.32 Å². The second kappa shape index (κ2) is 4.43. The number of aliphatic hydroxyl groups is 1. The van der Waals surface area contributed by atoms with Gasteiger partial charge in [0.2, 0.25) is 0 Å². The largest absolute Gasteiger partial charge is 0.486 e. The Morgan fingerprint density at radius 1 is 1.29 bits per heavy atom. The summed E-state index contributed by atoms with van der Waals surface area (Å²) in [6.45, 7) is 3.35. The van der Waals surface area contributed by atoms with Crippen LogP contribution in [0.15, 0.2) is 18.2 Å². The summed E-state index contributed by atoms with van der Waals surface area (Å²) in [5.74, 6) is 1.51. The molecule has 0 bridgehead atoms. The van der Waals surface area contributed by atoms with E-state index in [0.29, 0.717) is 19.8 Å². The quantitative estimate of drug-likeness (QED) is 0.729. The van der Waals surface area contributed by atoms with E-state index in [0.717, 1.165) is 30.3 Å². The minimum Gasteiger partial charge on any atom is -0.486 e. The fourth-order valence-corrected chi connectivity index (χ4v) is 2.26. The number of rotatable bonds is 1. The SMILES string of the molecule is OC1CNCCN1c1cccc2c1OCCO2. The fraction of sp³-hybridized carbons (Fsp3) is 0.500. The summed E-state index contributed by atoms with van der Waals surface area (Å²) in [6.07, 6.45) is -0.513. The lowest BCUT2D eigenvalue weighted by Gasteiger charge is -2.36. The molecule has 1 fully saturated rings. The van der Waals surface area contributed by atoms with Gasteiger partial charge in [-0.3, -0.25) is 0 Å². The lowest BCUT2D eigenvalue weighted by molar-refractivity contribution is 0.145. The van der Waals surface area contributed by atoms with Gasteiger partial charge in [-0.2, -0.15) is 0 Å². The number of nitrogens with zero attached hydrogens (tertiary/aromatic N) is 1. The molecule has 2 aliphatic heterocycles. The van der Waals surface area contributed by atoms with Crippen LogP contribution in [0.3, 0.4) is 0 Å². The zero-order chi connectivity index (χ0) is 11.7. The Labute approximate surface area is 99.9 Å². The van der Waals surface area contributed by atoms with Crippen molar-refractivity contribution in [2.75, 3.05) is 37.7 Å². The third kappa shape index (κ3) is 1.92. The maximum atomic E-state index is 9.99. The maximum absolute atomic E-state index is 9.99. The van der Waals surface area contributed by atoms with E-state index in [1.807, 2.05) is 23.1 Å². The molecule has 0 saturated carbocycles. The second-order valence-electron chi connectivity index (χ2n) is 4.18. The average Bonchev–Trinajstić information content (AvgIpc) is 2.39. The Kier molecular flexibility index (Phi) is 2.78. The summed E-state index contributed by atoms with van der Waals surface area (Å²) in [6, 6.07) is 5.78. The van der Waals surface area contributed by atoms with Crippen molar-refractivity contribution in [1.82, 2.24) is 5.32 Å². The molecule has 5 nitrogen and oxygen atoms in total. The molecule has 0 spiro atoms. The molecule has 0 amide bonds.